The summed E-state index contributed by atoms with van der Waals surface area (Å²) in [4.78, 5) is 3.19. The van der Waals surface area contributed by atoms with Crippen molar-refractivity contribution in [3.8, 4) is 0 Å². The second-order valence-corrected chi connectivity index (χ2v) is 4.17. The number of H-pyrrole nitrogens is 1. The van der Waals surface area contributed by atoms with Crippen molar-refractivity contribution >= 4 is 10.9 Å². The van der Waals surface area contributed by atoms with Gasteiger partial charge < -0.3 is 4.98 Å². The maximum absolute atomic E-state index is 3.19. The van der Waals surface area contributed by atoms with Crippen molar-refractivity contribution in [2.45, 2.75) is 13.8 Å². The lowest BCUT2D eigenvalue weighted by Crippen LogP contribution is -1.72. The Morgan fingerprint density at radius 2 is 1.53 bits per heavy atom. The number of fused-ring (bicyclic) bond motifs is 1. The van der Waals surface area contributed by atoms with Crippen LogP contribution in [0.4, 0.5) is 0 Å². The van der Waals surface area contributed by atoms with Gasteiger partial charge in [0.05, 0.1) is 0 Å². The van der Waals surface area contributed by atoms with Crippen molar-refractivity contribution in [1.29, 1.82) is 0 Å². The second-order valence-electron chi connectivity index (χ2n) is 4.17. The molecule has 0 amide bonds. The Balaban J connectivity index is 0.000000136. The summed E-state index contributed by atoms with van der Waals surface area (Å²) in [5, 5.41) is 1.29. The predicted octanol–water partition coefficient (Wildman–Crippen LogP) is 4.47. The zero-order valence-electron chi connectivity index (χ0n) is 10.3. The SMILES string of the molecule is Cc1cccc2cc[nH]c12.Cc1ccccc1. The van der Waals surface area contributed by atoms with Gasteiger partial charge in [0, 0.05) is 11.7 Å². The Kier molecular flexibility index (Phi) is 3.61. The highest BCUT2D eigenvalue weighted by atomic mass is 14.7. The number of aryl methyl sites for hydroxylation is 2. The third-order valence-corrected chi connectivity index (χ3v) is 2.74. The standard InChI is InChI=1S/C9H9N.C7H8/c1-7-3-2-4-8-5-6-10-9(7)8;1-7-5-3-2-4-6-7/h2-6,10H,1H3;2-6H,1H3. The zero-order valence-corrected chi connectivity index (χ0v) is 10.3. The third-order valence-electron chi connectivity index (χ3n) is 2.74. The number of aromatic nitrogens is 1. The molecule has 86 valence electrons. The van der Waals surface area contributed by atoms with E-state index in [1.165, 1.54) is 22.0 Å². The smallest absolute Gasteiger partial charge is 0.0483 e. The van der Waals surface area contributed by atoms with Gasteiger partial charge in [-0.1, -0.05) is 54.1 Å². The Morgan fingerprint density at radius 3 is 2.12 bits per heavy atom. The molecule has 0 aliphatic rings. The first-order valence-corrected chi connectivity index (χ1v) is 5.82. The fraction of sp³-hybridized carbons (Fsp3) is 0.125. The molecule has 1 nitrogen and oxygen atoms in total. The number of rotatable bonds is 0. The molecule has 0 aliphatic heterocycles. The van der Waals surface area contributed by atoms with E-state index in [4.69, 9.17) is 0 Å². The lowest BCUT2D eigenvalue weighted by atomic mass is 10.2. The van der Waals surface area contributed by atoms with E-state index in [1.54, 1.807) is 0 Å². The summed E-state index contributed by atoms with van der Waals surface area (Å²) < 4.78 is 0. The highest BCUT2D eigenvalue weighted by molar-refractivity contribution is 5.82. The minimum atomic E-state index is 1.25. The minimum Gasteiger partial charge on any atom is -0.361 e. The molecule has 0 unspecified atom stereocenters. The monoisotopic (exact) mass is 223 g/mol. The number of hydrogen-bond acceptors (Lipinski definition) is 0. The van der Waals surface area contributed by atoms with Gasteiger partial charge in [-0.25, -0.2) is 0 Å². The summed E-state index contributed by atoms with van der Waals surface area (Å²) in [5.74, 6) is 0. The minimum absolute atomic E-state index is 1.25. The van der Waals surface area contributed by atoms with Crippen LogP contribution in [0.3, 0.4) is 0 Å². The van der Waals surface area contributed by atoms with Crippen LogP contribution in [-0.4, -0.2) is 4.98 Å². The summed E-state index contributed by atoms with van der Waals surface area (Å²) >= 11 is 0. The number of para-hydroxylation sites is 1. The van der Waals surface area contributed by atoms with Crippen molar-refractivity contribution in [1.82, 2.24) is 4.98 Å². The van der Waals surface area contributed by atoms with Crippen molar-refractivity contribution in [3.05, 3.63) is 71.9 Å². The Hall–Kier alpha value is -2.02. The van der Waals surface area contributed by atoms with Crippen LogP contribution in [0.2, 0.25) is 0 Å². The molecule has 0 fully saturated rings. The Morgan fingerprint density at radius 1 is 0.765 bits per heavy atom. The summed E-state index contributed by atoms with van der Waals surface area (Å²) in [7, 11) is 0. The van der Waals surface area contributed by atoms with E-state index in [0.29, 0.717) is 0 Å². The molecule has 3 aromatic rings. The number of benzene rings is 2. The van der Waals surface area contributed by atoms with E-state index >= 15 is 0 Å². The number of aromatic amines is 1. The van der Waals surface area contributed by atoms with Crippen molar-refractivity contribution in [2.24, 2.45) is 0 Å². The van der Waals surface area contributed by atoms with E-state index in [1.807, 2.05) is 24.4 Å². The van der Waals surface area contributed by atoms with Crippen LogP contribution >= 0.6 is 0 Å². The van der Waals surface area contributed by atoms with E-state index in [0.717, 1.165) is 0 Å². The lowest BCUT2D eigenvalue weighted by Gasteiger charge is -1.92. The van der Waals surface area contributed by atoms with Crippen LogP contribution < -0.4 is 0 Å². The van der Waals surface area contributed by atoms with Crippen molar-refractivity contribution in [2.75, 3.05) is 0 Å². The largest absolute Gasteiger partial charge is 0.361 e. The molecule has 17 heavy (non-hydrogen) atoms. The molecule has 0 bridgehead atoms. The first kappa shape index (κ1) is 11.5. The van der Waals surface area contributed by atoms with Crippen LogP contribution in [0.15, 0.2) is 60.8 Å². The van der Waals surface area contributed by atoms with Gasteiger partial charge in [0.25, 0.3) is 0 Å². The van der Waals surface area contributed by atoms with E-state index < -0.39 is 0 Å². The number of hydrogen-bond donors (Lipinski definition) is 1. The first-order valence-electron chi connectivity index (χ1n) is 5.82. The fourth-order valence-electron chi connectivity index (χ4n) is 1.78. The zero-order chi connectivity index (χ0) is 12.1. The van der Waals surface area contributed by atoms with Crippen molar-refractivity contribution < 1.29 is 0 Å². The molecule has 1 heterocycles. The Bertz CT molecular complexity index is 579. The van der Waals surface area contributed by atoms with Crippen molar-refractivity contribution in [3.63, 3.8) is 0 Å². The van der Waals surface area contributed by atoms with Crippen LogP contribution in [-0.2, 0) is 0 Å². The second kappa shape index (κ2) is 5.35. The first-order chi connectivity index (χ1) is 8.27. The van der Waals surface area contributed by atoms with E-state index in [-0.39, 0.29) is 0 Å². The molecule has 0 saturated carbocycles. The van der Waals surface area contributed by atoms with E-state index in [2.05, 4.69) is 55.2 Å². The highest BCUT2D eigenvalue weighted by Crippen LogP contribution is 2.14. The molecule has 1 N–H and O–H groups in total. The highest BCUT2D eigenvalue weighted by Gasteiger charge is 1.93. The van der Waals surface area contributed by atoms with Gasteiger partial charge >= 0.3 is 0 Å². The third kappa shape index (κ3) is 2.97. The lowest BCUT2D eigenvalue weighted by molar-refractivity contribution is 1.42. The van der Waals surface area contributed by atoms with Gasteiger partial charge in [-0.15, -0.1) is 0 Å². The molecule has 0 saturated heterocycles. The molecule has 1 heteroatoms. The van der Waals surface area contributed by atoms with Gasteiger partial charge in [-0.05, 0) is 30.9 Å². The van der Waals surface area contributed by atoms with Crippen LogP contribution in [0.5, 0.6) is 0 Å². The van der Waals surface area contributed by atoms with Gasteiger partial charge in [0.15, 0.2) is 0 Å². The molecule has 1 aromatic heterocycles. The predicted molar refractivity (Wildman–Crippen MR) is 74.2 cm³/mol. The van der Waals surface area contributed by atoms with Gasteiger partial charge in [0.2, 0.25) is 0 Å². The Labute approximate surface area is 102 Å². The van der Waals surface area contributed by atoms with Crippen LogP contribution in [0, 0.1) is 13.8 Å². The summed E-state index contributed by atoms with van der Waals surface area (Å²) in [6.07, 6.45) is 1.97. The molecule has 0 atom stereocenters. The normalized spacial score (nSPS) is 9.76. The molecular formula is C16H17N. The van der Waals surface area contributed by atoms with Gasteiger partial charge in [-0.3, -0.25) is 0 Å². The number of nitrogens with one attached hydrogen (secondary N) is 1. The van der Waals surface area contributed by atoms with Gasteiger partial charge in [-0.2, -0.15) is 0 Å². The van der Waals surface area contributed by atoms with E-state index in [9.17, 15) is 0 Å². The topological polar surface area (TPSA) is 15.8 Å². The quantitative estimate of drug-likeness (QED) is 0.578. The van der Waals surface area contributed by atoms with Crippen LogP contribution in [0.25, 0.3) is 10.9 Å². The average Bonchev–Trinajstić information content (AvgIpc) is 2.80. The van der Waals surface area contributed by atoms with Gasteiger partial charge in [0.1, 0.15) is 0 Å². The summed E-state index contributed by atoms with van der Waals surface area (Å²) in [6.45, 7) is 4.19. The maximum atomic E-state index is 3.19. The fourth-order valence-corrected chi connectivity index (χ4v) is 1.78. The summed E-state index contributed by atoms with van der Waals surface area (Å²) in [6, 6.07) is 18.6. The molecule has 0 radical (unpaired) electrons. The molecule has 3 rings (SSSR count). The van der Waals surface area contributed by atoms with Crippen LogP contribution in [0.1, 0.15) is 11.1 Å². The summed E-state index contributed by atoms with van der Waals surface area (Å²) in [5.41, 5.74) is 3.88. The molecule has 2 aromatic carbocycles. The maximum Gasteiger partial charge on any atom is 0.0483 e. The molecular weight excluding hydrogens is 206 g/mol. The average molecular weight is 223 g/mol. The molecule has 0 aliphatic carbocycles. The molecule has 0 spiro atoms.